The molecule has 3 aliphatic heterocycles. The molecule has 0 aromatic heterocycles. The lowest BCUT2D eigenvalue weighted by atomic mass is 9.77. The Hall–Kier alpha value is -2.99. The van der Waals surface area contributed by atoms with E-state index in [0.29, 0.717) is 5.69 Å². The summed E-state index contributed by atoms with van der Waals surface area (Å²) in [6.07, 6.45) is 3.09. The van der Waals surface area contributed by atoms with Crippen molar-refractivity contribution < 1.29 is 23.9 Å². The molecule has 2 aromatic carbocycles. The lowest BCUT2D eigenvalue weighted by Crippen LogP contribution is -2.44. The Morgan fingerprint density at radius 1 is 1.15 bits per heavy atom. The Bertz CT molecular complexity index is 1020. The van der Waals surface area contributed by atoms with Gasteiger partial charge in [0.15, 0.2) is 0 Å². The fourth-order valence-corrected chi connectivity index (χ4v) is 4.52. The number of esters is 1. The van der Waals surface area contributed by atoms with Crippen LogP contribution in [-0.2, 0) is 23.9 Å². The molecule has 4 atom stereocenters. The smallest absolute Gasteiger partial charge is 0.302 e. The van der Waals surface area contributed by atoms with Crippen molar-refractivity contribution in [2.45, 2.75) is 18.6 Å². The van der Waals surface area contributed by atoms with Crippen molar-refractivity contribution in [2.24, 2.45) is 11.8 Å². The molecular weight excluding hydrogens is 346 g/mol. The van der Waals surface area contributed by atoms with E-state index >= 15 is 0 Å². The van der Waals surface area contributed by atoms with Gasteiger partial charge >= 0.3 is 5.97 Å². The molecule has 0 radical (unpaired) electrons. The molecule has 136 valence electrons. The number of hydrogen-bond acceptors (Lipinski definition) is 5. The van der Waals surface area contributed by atoms with Crippen LogP contribution in [0.5, 0.6) is 0 Å². The second kappa shape index (κ2) is 5.50. The maximum Gasteiger partial charge on any atom is 0.302 e. The fraction of sp³-hybridized carbons (Fsp3) is 0.286. The predicted octanol–water partition coefficient (Wildman–Crippen LogP) is 2.22. The summed E-state index contributed by atoms with van der Waals surface area (Å²) in [5.74, 6) is -2.29. The topological polar surface area (TPSA) is 72.9 Å². The van der Waals surface area contributed by atoms with E-state index in [-0.39, 0.29) is 18.4 Å². The van der Waals surface area contributed by atoms with Crippen molar-refractivity contribution in [2.75, 3.05) is 11.5 Å². The third-order valence-electron chi connectivity index (χ3n) is 5.66. The van der Waals surface area contributed by atoms with Crippen molar-refractivity contribution in [1.29, 1.82) is 0 Å². The SMILES string of the molecule is CC(=O)OC[C@@]12C=C[C@@H](O1)[C@@H]1C(=O)N(c3cccc4ccccc34)C(=O)[C@@H]12. The van der Waals surface area contributed by atoms with Gasteiger partial charge in [-0.25, -0.2) is 4.90 Å². The van der Waals surface area contributed by atoms with Crippen LogP contribution < -0.4 is 4.90 Å². The van der Waals surface area contributed by atoms with E-state index in [1.54, 1.807) is 18.2 Å². The Kier molecular flexibility index (Phi) is 3.30. The summed E-state index contributed by atoms with van der Waals surface area (Å²) in [6.45, 7) is 1.24. The minimum absolute atomic E-state index is 0.0705. The fourth-order valence-electron chi connectivity index (χ4n) is 4.52. The van der Waals surface area contributed by atoms with Crippen LogP contribution in [0.15, 0.2) is 54.6 Å². The summed E-state index contributed by atoms with van der Waals surface area (Å²) in [7, 11) is 0. The molecule has 6 nitrogen and oxygen atoms in total. The predicted molar refractivity (Wildman–Crippen MR) is 96.8 cm³/mol. The van der Waals surface area contributed by atoms with E-state index in [1.807, 2.05) is 36.4 Å². The van der Waals surface area contributed by atoms with Gasteiger partial charge in [0, 0.05) is 12.3 Å². The van der Waals surface area contributed by atoms with Crippen molar-refractivity contribution in [1.82, 2.24) is 0 Å². The molecule has 6 heteroatoms. The molecule has 2 aromatic rings. The lowest BCUT2D eigenvalue weighted by molar-refractivity contribution is -0.150. The molecule has 0 saturated carbocycles. The molecule has 0 N–H and O–H groups in total. The normalized spacial score (nSPS) is 31.0. The van der Waals surface area contributed by atoms with Crippen molar-refractivity contribution in [3.05, 3.63) is 54.6 Å². The van der Waals surface area contributed by atoms with Crippen LogP contribution in [0.25, 0.3) is 10.8 Å². The quantitative estimate of drug-likeness (QED) is 0.475. The number of ether oxygens (including phenoxy) is 2. The van der Waals surface area contributed by atoms with Gasteiger partial charge in [-0.2, -0.15) is 0 Å². The molecule has 0 spiro atoms. The molecule has 27 heavy (non-hydrogen) atoms. The maximum atomic E-state index is 13.3. The number of nitrogens with zero attached hydrogens (tertiary/aromatic N) is 1. The van der Waals surface area contributed by atoms with Gasteiger partial charge in [0.1, 0.15) is 12.2 Å². The Morgan fingerprint density at radius 3 is 2.74 bits per heavy atom. The largest absolute Gasteiger partial charge is 0.462 e. The third kappa shape index (κ3) is 2.13. The van der Waals surface area contributed by atoms with Crippen LogP contribution >= 0.6 is 0 Å². The Balaban J connectivity index is 1.58. The summed E-state index contributed by atoms with van der Waals surface area (Å²) in [4.78, 5) is 39.1. The summed E-state index contributed by atoms with van der Waals surface area (Å²) in [5.41, 5.74) is -0.480. The van der Waals surface area contributed by atoms with Gasteiger partial charge in [-0.05, 0) is 17.5 Å². The zero-order valence-electron chi connectivity index (χ0n) is 14.6. The monoisotopic (exact) mass is 363 g/mol. The van der Waals surface area contributed by atoms with Crippen molar-refractivity contribution in [3.63, 3.8) is 0 Å². The highest BCUT2D eigenvalue weighted by Gasteiger charge is 2.68. The van der Waals surface area contributed by atoms with Crippen LogP contribution in [-0.4, -0.2) is 36.1 Å². The van der Waals surface area contributed by atoms with E-state index in [0.717, 1.165) is 10.8 Å². The first-order valence-electron chi connectivity index (χ1n) is 8.88. The summed E-state index contributed by atoms with van der Waals surface area (Å²) >= 11 is 0. The van der Waals surface area contributed by atoms with Crippen LogP contribution in [0.1, 0.15) is 6.92 Å². The van der Waals surface area contributed by atoms with Gasteiger partial charge in [0.25, 0.3) is 0 Å². The van der Waals surface area contributed by atoms with Gasteiger partial charge in [-0.3, -0.25) is 14.4 Å². The Labute approximate surface area is 155 Å². The van der Waals surface area contributed by atoms with Crippen molar-refractivity contribution in [3.8, 4) is 0 Å². The van der Waals surface area contributed by atoms with Gasteiger partial charge < -0.3 is 9.47 Å². The number of anilines is 1. The molecule has 0 unspecified atom stereocenters. The zero-order valence-corrected chi connectivity index (χ0v) is 14.6. The molecule has 0 aliphatic carbocycles. The van der Waals surface area contributed by atoms with Crippen LogP contribution in [0, 0.1) is 11.8 Å². The summed E-state index contributed by atoms with van der Waals surface area (Å²) < 4.78 is 11.1. The molecule has 3 heterocycles. The minimum atomic E-state index is -1.06. The molecule has 2 amide bonds. The third-order valence-corrected chi connectivity index (χ3v) is 5.66. The highest BCUT2D eigenvalue weighted by atomic mass is 16.6. The highest BCUT2D eigenvalue weighted by Crippen LogP contribution is 2.53. The average molecular weight is 363 g/mol. The first-order valence-corrected chi connectivity index (χ1v) is 8.88. The maximum absolute atomic E-state index is 13.3. The van der Waals surface area contributed by atoms with Crippen molar-refractivity contribution >= 4 is 34.2 Å². The number of hydrogen-bond donors (Lipinski definition) is 0. The summed E-state index contributed by atoms with van der Waals surface area (Å²) in [5, 5.41) is 1.80. The minimum Gasteiger partial charge on any atom is -0.462 e. The molecule has 2 bridgehead atoms. The Morgan fingerprint density at radius 2 is 1.93 bits per heavy atom. The number of amides is 2. The average Bonchev–Trinajstić information content (AvgIpc) is 3.30. The number of carbonyl (C=O) groups is 3. The van der Waals surface area contributed by atoms with Gasteiger partial charge in [-0.15, -0.1) is 0 Å². The highest BCUT2D eigenvalue weighted by molar-refractivity contribution is 6.26. The zero-order chi connectivity index (χ0) is 18.8. The first-order chi connectivity index (χ1) is 13.0. The van der Waals surface area contributed by atoms with Gasteiger partial charge in [0.2, 0.25) is 11.8 Å². The number of benzene rings is 2. The molecular formula is C21H17NO5. The molecule has 2 fully saturated rings. The van der Waals surface area contributed by atoms with Crippen LogP contribution in [0.4, 0.5) is 5.69 Å². The number of rotatable bonds is 3. The second-order valence-electron chi connectivity index (χ2n) is 7.19. The number of carbonyl (C=O) groups excluding carboxylic acids is 3. The molecule has 3 aliphatic rings. The van der Waals surface area contributed by atoms with E-state index in [2.05, 4.69) is 0 Å². The number of imide groups is 1. The first kappa shape index (κ1) is 16.2. The van der Waals surface area contributed by atoms with Crippen LogP contribution in [0.2, 0.25) is 0 Å². The molecule has 2 saturated heterocycles. The lowest BCUT2D eigenvalue weighted by Gasteiger charge is -2.28. The standard InChI is InChI=1S/C21H17NO5/c1-12(23)26-11-21-10-9-16(27-21)17-18(21)20(25)22(19(17)24)15-8-4-6-13-5-2-3-7-14(13)15/h2-10,16-18H,11H2,1H3/t16-,17+,18-,21-/m1/s1. The summed E-state index contributed by atoms with van der Waals surface area (Å²) in [6, 6.07) is 13.2. The van der Waals surface area contributed by atoms with E-state index in [1.165, 1.54) is 11.8 Å². The van der Waals surface area contributed by atoms with E-state index < -0.39 is 29.5 Å². The van der Waals surface area contributed by atoms with Crippen LogP contribution in [0.3, 0.4) is 0 Å². The molecule has 5 rings (SSSR count). The van der Waals surface area contributed by atoms with E-state index in [4.69, 9.17) is 9.47 Å². The van der Waals surface area contributed by atoms with Gasteiger partial charge in [-0.1, -0.05) is 42.5 Å². The number of fused-ring (bicyclic) bond motifs is 6. The van der Waals surface area contributed by atoms with E-state index in [9.17, 15) is 14.4 Å². The second-order valence-corrected chi connectivity index (χ2v) is 7.19. The van der Waals surface area contributed by atoms with Gasteiger partial charge in [0.05, 0.1) is 23.6 Å².